The molecule has 0 N–H and O–H groups in total. The third-order valence-electron chi connectivity index (χ3n) is 5.29. The third-order valence-corrected chi connectivity index (χ3v) is 5.29. The number of carbonyl (C=O) groups excluding carboxylic acids is 2. The van der Waals surface area contributed by atoms with Gasteiger partial charge in [0.05, 0.1) is 11.1 Å². The Kier molecular flexibility index (Phi) is 6.34. The van der Waals surface area contributed by atoms with Crippen molar-refractivity contribution in [3.8, 4) is 5.75 Å². The molecule has 0 aliphatic carbocycles. The lowest BCUT2D eigenvalue weighted by molar-refractivity contribution is -0.138. The molecule has 30 heavy (non-hydrogen) atoms. The third kappa shape index (κ3) is 4.75. The van der Waals surface area contributed by atoms with Crippen molar-refractivity contribution in [2.75, 3.05) is 32.8 Å². The number of rotatable bonds is 4. The van der Waals surface area contributed by atoms with Crippen molar-refractivity contribution in [3.05, 3.63) is 64.7 Å². The number of aryl methyl sites for hydroxylation is 1. The van der Waals surface area contributed by atoms with Crippen molar-refractivity contribution in [2.24, 2.45) is 0 Å². The van der Waals surface area contributed by atoms with Crippen molar-refractivity contribution >= 4 is 11.8 Å². The Morgan fingerprint density at radius 1 is 0.933 bits per heavy atom. The quantitative estimate of drug-likeness (QED) is 0.758. The van der Waals surface area contributed by atoms with Gasteiger partial charge in [-0.25, -0.2) is 0 Å². The lowest BCUT2D eigenvalue weighted by Crippen LogP contribution is -2.51. The van der Waals surface area contributed by atoms with Crippen molar-refractivity contribution in [1.29, 1.82) is 0 Å². The number of halogens is 3. The maximum atomic E-state index is 13.2. The molecule has 0 aromatic heterocycles. The van der Waals surface area contributed by atoms with E-state index in [1.807, 2.05) is 26.0 Å². The molecule has 1 saturated heterocycles. The van der Waals surface area contributed by atoms with E-state index < -0.39 is 17.6 Å². The second kappa shape index (κ2) is 8.77. The molecule has 2 amide bonds. The highest BCUT2D eigenvalue weighted by Gasteiger charge is 2.36. The predicted molar refractivity (Wildman–Crippen MR) is 105 cm³/mol. The van der Waals surface area contributed by atoms with E-state index in [1.165, 1.54) is 23.1 Å². The fourth-order valence-corrected chi connectivity index (χ4v) is 3.36. The maximum Gasteiger partial charge on any atom is 0.417 e. The second-order valence-electron chi connectivity index (χ2n) is 7.20. The molecule has 8 heteroatoms. The first-order chi connectivity index (χ1) is 14.2. The van der Waals surface area contributed by atoms with E-state index in [-0.39, 0.29) is 44.3 Å². The predicted octanol–water partition coefficient (Wildman–Crippen LogP) is 3.69. The molecule has 0 bridgehead atoms. The standard InChI is InChI=1S/C22H23F3N2O3/c1-15-6-5-9-19(16(15)2)30-14-20(28)26-10-12-27(13-11-26)21(29)17-7-3-4-8-18(17)22(23,24)25/h3-9H,10-14H2,1-2H3. The first-order valence-electron chi connectivity index (χ1n) is 9.61. The van der Waals surface area contributed by atoms with Crippen LogP contribution in [0.2, 0.25) is 0 Å². The summed E-state index contributed by atoms with van der Waals surface area (Å²) in [6.07, 6.45) is -4.60. The van der Waals surface area contributed by atoms with Crippen LogP contribution in [-0.2, 0) is 11.0 Å². The molecule has 1 aliphatic heterocycles. The molecule has 2 aromatic carbocycles. The van der Waals surface area contributed by atoms with Gasteiger partial charge in [0.25, 0.3) is 11.8 Å². The number of piperazine rings is 1. The fraction of sp³-hybridized carbons (Fsp3) is 0.364. The molecule has 2 aromatic rings. The van der Waals surface area contributed by atoms with Gasteiger partial charge in [-0.05, 0) is 43.2 Å². The number of nitrogens with zero attached hydrogens (tertiary/aromatic N) is 2. The number of alkyl halides is 3. The van der Waals surface area contributed by atoms with E-state index in [9.17, 15) is 22.8 Å². The summed E-state index contributed by atoms with van der Waals surface area (Å²) in [7, 11) is 0. The average Bonchev–Trinajstić information content (AvgIpc) is 2.73. The summed E-state index contributed by atoms with van der Waals surface area (Å²) < 4.78 is 45.2. The lowest BCUT2D eigenvalue weighted by Gasteiger charge is -2.35. The number of ether oxygens (including phenoxy) is 1. The zero-order valence-corrected chi connectivity index (χ0v) is 16.8. The highest BCUT2D eigenvalue weighted by atomic mass is 19.4. The molecule has 0 unspecified atom stereocenters. The van der Waals surface area contributed by atoms with E-state index in [0.717, 1.165) is 17.2 Å². The number of hydrogen-bond acceptors (Lipinski definition) is 3. The largest absolute Gasteiger partial charge is 0.483 e. The first kappa shape index (κ1) is 21.7. The summed E-state index contributed by atoms with van der Waals surface area (Å²) in [5.41, 5.74) is 0.703. The van der Waals surface area contributed by atoms with Crippen molar-refractivity contribution in [2.45, 2.75) is 20.0 Å². The van der Waals surface area contributed by atoms with Crippen LogP contribution < -0.4 is 4.74 Å². The fourth-order valence-electron chi connectivity index (χ4n) is 3.36. The molecule has 160 valence electrons. The van der Waals surface area contributed by atoms with Gasteiger partial charge in [-0.15, -0.1) is 0 Å². The van der Waals surface area contributed by atoms with E-state index in [4.69, 9.17) is 4.74 Å². The number of benzene rings is 2. The van der Waals surface area contributed by atoms with E-state index in [1.54, 1.807) is 11.0 Å². The van der Waals surface area contributed by atoms with Crippen LogP contribution in [0.4, 0.5) is 13.2 Å². The van der Waals surface area contributed by atoms with Crippen LogP contribution in [0, 0.1) is 13.8 Å². The van der Waals surface area contributed by atoms with E-state index >= 15 is 0 Å². The summed E-state index contributed by atoms with van der Waals surface area (Å²) in [6.45, 7) is 4.56. The molecule has 0 saturated carbocycles. The minimum atomic E-state index is -4.60. The molecule has 0 radical (unpaired) electrons. The SMILES string of the molecule is Cc1cccc(OCC(=O)N2CCN(C(=O)c3ccccc3C(F)(F)F)CC2)c1C. The van der Waals surface area contributed by atoms with Crippen LogP contribution in [0.5, 0.6) is 5.75 Å². The molecular weight excluding hydrogens is 397 g/mol. The van der Waals surface area contributed by atoms with Crippen molar-refractivity contribution in [3.63, 3.8) is 0 Å². The van der Waals surface area contributed by atoms with Crippen LogP contribution in [0.1, 0.15) is 27.0 Å². The molecule has 0 spiro atoms. The highest BCUT2D eigenvalue weighted by Crippen LogP contribution is 2.32. The number of carbonyl (C=O) groups is 2. The van der Waals surface area contributed by atoms with Gasteiger partial charge in [0.1, 0.15) is 5.75 Å². The Morgan fingerprint density at radius 2 is 1.57 bits per heavy atom. The van der Waals surface area contributed by atoms with Gasteiger partial charge in [-0.2, -0.15) is 13.2 Å². The average molecular weight is 420 g/mol. The maximum absolute atomic E-state index is 13.2. The van der Waals surface area contributed by atoms with Gasteiger partial charge in [-0.1, -0.05) is 24.3 Å². The Labute approximate surface area is 173 Å². The summed E-state index contributed by atoms with van der Waals surface area (Å²) in [5.74, 6) is -0.263. The zero-order chi connectivity index (χ0) is 21.9. The molecule has 1 heterocycles. The molecule has 0 atom stereocenters. The monoisotopic (exact) mass is 420 g/mol. The molecular formula is C22H23F3N2O3. The Morgan fingerprint density at radius 3 is 2.23 bits per heavy atom. The molecule has 3 rings (SSSR count). The normalized spacial score (nSPS) is 14.6. The van der Waals surface area contributed by atoms with Gasteiger partial charge >= 0.3 is 6.18 Å². The van der Waals surface area contributed by atoms with Crippen LogP contribution in [-0.4, -0.2) is 54.4 Å². The Hall–Kier alpha value is -3.03. The Balaban J connectivity index is 1.58. The zero-order valence-electron chi connectivity index (χ0n) is 16.8. The van der Waals surface area contributed by atoms with Gasteiger partial charge < -0.3 is 14.5 Å². The summed E-state index contributed by atoms with van der Waals surface area (Å²) >= 11 is 0. The van der Waals surface area contributed by atoms with Gasteiger partial charge in [0.15, 0.2) is 6.61 Å². The highest BCUT2D eigenvalue weighted by molar-refractivity contribution is 5.96. The van der Waals surface area contributed by atoms with Crippen molar-refractivity contribution in [1.82, 2.24) is 9.80 Å². The first-order valence-corrected chi connectivity index (χ1v) is 9.61. The molecule has 5 nitrogen and oxygen atoms in total. The van der Waals surface area contributed by atoms with Crippen molar-refractivity contribution < 1.29 is 27.5 Å². The Bertz CT molecular complexity index is 935. The number of amides is 2. The second-order valence-corrected chi connectivity index (χ2v) is 7.20. The van der Waals surface area contributed by atoms with Crippen LogP contribution in [0.3, 0.4) is 0 Å². The summed E-state index contributed by atoms with van der Waals surface area (Å²) in [4.78, 5) is 28.0. The smallest absolute Gasteiger partial charge is 0.417 e. The summed E-state index contributed by atoms with van der Waals surface area (Å²) in [6, 6.07) is 10.4. The summed E-state index contributed by atoms with van der Waals surface area (Å²) in [5, 5.41) is 0. The van der Waals surface area contributed by atoms with E-state index in [2.05, 4.69) is 0 Å². The molecule has 1 fully saturated rings. The minimum Gasteiger partial charge on any atom is -0.483 e. The van der Waals surface area contributed by atoms with Gasteiger partial charge in [0, 0.05) is 26.2 Å². The van der Waals surface area contributed by atoms with Crippen LogP contribution >= 0.6 is 0 Å². The van der Waals surface area contributed by atoms with Gasteiger partial charge in [0.2, 0.25) is 0 Å². The topological polar surface area (TPSA) is 49.9 Å². The van der Waals surface area contributed by atoms with Crippen LogP contribution in [0.15, 0.2) is 42.5 Å². The lowest BCUT2D eigenvalue weighted by atomic mass is 10.1. The molecule has 1 aliphatic rings. The van der Waals surface area contributed by atoms with E-state index in [0.29, 0.717) is 5.75 Å². The number of hydrogen-bond donors (Lipinski definition) is 0. The minimum absolute atomic E-state index is 0.130. The van der Waals surface area contributed by atoms with Crippen LogP contribution in [0.25, 0.3) is 0 Å². The van der Waals surface area contributed by atoms with Gasteiger partial charge in [-0.3, -0.25) is 9.59 Å².